The number of esters is 1. The van der Waals surface area contributed by atoms with Gasteiger partial charge in [-0.2, -0.15) is 0 Å². The fourth-order valence-corrected chi connectivity index (χ4v) is 11.3. The van der Waals surface area contributed by atoms with E-state index in [2.05, 4.69) is 69.3 Å². The summed E-state index contributed by atoms with van der Waals surface area (Å²) in [7, 11) is -1.20. The number of hydrogen-bond donors (Lipinski definition) is 1. The van der Waals surface area contributed by atoms with E-state index in [9.17, 15) is 9.90 Å². The number of carbonyl (C=O) groups is 1. The molecule has 1 saturated heterocycles. The van der Waals surface area contributed by atoms with Gasteiger partial charge in [0.25, 0.3) is 8.32 Å². The maximum absolute atomic E-state index is 12.2. The molecule has 2 aromatic carbocycles. The molecule has 8 heteroatoms. The van der Waals surface area contributed by atoms with Crippen LogP contribution in [0.15, 0.2) is 60.7 Å². The van der Waals surface area contributed by atoms with Crippen molar-refractivity contribution in [2.45, 2.75) is 102 Å². The summed E-state index contributed by atoms with van der Waals surface area (Å²) < 4.78 is 31.3. The third-order valence-corrected chi connectivity index (χ3v) is 13.7. The molecule has 41 heavy (non-hydrogen) atoms. The Bertz CT molecular complexity index is 1060. The van der Waals surface area contributed by atoms with E-state index in [1.807, 2.05) is 19.1 Å². The quantitative estimate of drug-likeness (QED) is 0.306. The van der Waals surface area contributed by atoms with Crippen molar-refractivity contribution in [3.63, 3.8) is 0 Å². The number of rotatable bonds is 11. The van der Waals surface area contributed by atoms with Crippen molar-refractivity contribution in [3.8, 4) is 0 Å². The number of methoxy groups -OCH3 is 1. The third kappa shape index (κ3) is 6.95. The summed E-state index contributed by atoms with van der Waals surface area (Å²) in [4.78, 5) is 12.2. The molecule has 0 radical (unpaired) electrons. The van der Waals surface area contributed by atoms with Gasteiger partial charge >= 0.3 is 5.97 Å². The van der Waals surface area contributed by atoms with Gasteiger partial charge in [-0.25, -0.2) is 0 Å². The summed E-state index contributed by atoms with van der Waals surface area (Å²) in [5.41, 5.74) is 0. The molecule has 2 aliphatic rings. The van der Waals surface area contributed by atoms with Crippen molar-refractivity contribution >= 4 is 24.7 Å². The first-order valence-electron chi connectivity index (χ1n) is 15.0. The van der Waals surface area contributed by atoms with Gasteiger partial charge in [-0.3, -0.25) is 4.79 Å². The fraction of sp³-hybridized carbons (Fsp3) is 0.606. The molecular formula is C33H48O7Si. The molecule has 5 atom stereocenters. The lowest BCUT2D eigenvalue weighted by atomic mass is 9.93. The molecule has 1 aliphatic heterocycles. The Labute approximate surface area is 246 Å². The summed E-state index contributed by atoms with van der Waals surface area (Å²) in [6, 6.07) is 20.9. The Morgan fingerprint density at radius 2 is 1.56 bits per heavy atom. The average molecular weight is 585 g/mol. The summed E-state index contributed by atoms with van der Waals surface area (Å²) in [6.45, 7) is 10.7. The van der Waals surface area contributed by atoms with Crippen LogP contribution in [0.25, 0.3) is 0 Å². The van der Waals surface area contributed by atoms with Crippen molar-refractivity contribution in [1.29, 1.82) is 0 Å². The second-order valence-electron chi connectivity index (χ2n) is 12.7. The van der Waals surface area contributed by atoms with Gasteiger partial charge in [-0.15, -0.1) is 0 Å². The molecule has 226 valence electrons. The molecule has 0 amide bonds. The molecular weight excluding hydrogens is 536 g/mol. The molecule has 7 nitrogen and oxygen atoms in total. The van der Waals surface area contributed by atoms with Crippen molar-refractivity contribution in [2.24, 2.45) is 5.92 Å². The highest BCUT2D eigenvalue weighted by atomic mass is 28.4. The van der Waals surface area contributed by atoms with Crippen molar-refractivity contribution in [1.82, 2.24) is 0 Å². The molecule has 4 rings (SSSR count). The predicted molar refractivity (Wildman–Crippen MR) is 162 cm³/mol. The Kier molecular flexibility index (Phi) is 10.5. The number of ether oxygens (including phenoxy) is 4. The molecule has 0 aromatic heterocycles. The average Bonchev–Trinajstić information content (AvgIpc) is 3.36. The monoisotopic (exact) mass is 584 g/mol. The standard InChI is InChI=1S/C33H48O7Si/c1-24(22-38-41(32(3,4)5,26-16-10-7-11-17-26)27-18-12-8-13-19-27)30(36-6)31(39-25(2)34)29(35)28-23-37-33(40-28)20-14-9-15-21-33/h7-8,10-13,16-19,24,28-31,35H,9,14-15,20-23H2,1-6H3/t24-,28+,29+,30-,31-/m0/s1. The van der Waals surface area contributed by atoms with E-state index in [0.717, 1.165) is 32.1 Å². The third-order valence-electron chi connectivity index (χ3n) is 8.65. The van der Waals surface area contributed by atoms with Gasteiger partial charge in [0.05, 0.1) is 6.61 Å². The van der Waals surface area contributed by atoms with E-state index < -0.39 is 44.5 Å². The number of aliphatic hydroxyl groups excluding tert-OH is 1. The van der Waals surface area contributed by atoms with E-state index in [1.54, 1.807) is 7.11 Å². The van der Waals surface area contributed by atoms with Crippen LogP contribution in [0.3, 0.4) is 0 Å². The lowest BCUT2D eigenvalue weighted by molar-refractivity contribution is -0.211. The largest absolute Gasteiger partial charge is 0.457 e. The highest BCUT2D eigenvalue weighted by molar-refractivity contribution is 6.99. The van der Waals surface area contributed by atoms with Crippen LogP contribution >= 0.6 is 0 Å². The Morgan fingerprint density at radius 1 is 1.00 bits per heavy atom. The van der Waals surface area contributed by atoms with Crippen molar-refractivity contribution < 1.29 is 33.3 Å². The predicted octanol–water partition coefficient (Wildman–Crippen LogP) is 4.58. The van der Waals surface area contributed by atoms with Crippen LogP contribution in [-0.4, -0.2) is 69.9 Å². The lowest BCUT2D eigenvalue weighted by Crippen LogP contribution is -2.67. The zero-order valence-corrected chi connectivity index (χ0v) is 26.5. The molecule has 0 bridgehead atoms. The second-order valence-corrected chi connectivity index (χ2v) is 17.0. The maximum Gasteiger partial charge on any atom is 0.303 e. The zero-order valence-electron chi connectivity index (χ0n) is 25.5. The van der Waals surface area contributed by atoms with Crippen LogP contribution in [0.5, 0.6) is 0 Å². The molecule has 0 unspecified atom stereocenters. The molecule has 1 heterocycles. The van der Waals surface area contributed by atoms with Crippen LogP contribution in [0, 0.1) is 5.92 Å². The molecule has 1 N–H and O–H groups in total. The zero-order chi connectivity index (χ0) is 29.7. The minimum Gasteiger partial charge on any atom is -0.457 e. The number of aliphatic hydroxyl groups is 1. The molecule has 1 saturated carbocycles. The molecule has 2 fully saturated rings. The minimum absolute atomic E-state index is 0.184. The van der Waals surface area contributed by atoms with E-state index >= 15 is 0 Å². The number of hydrogen-bond acceptors (Lipinski definition) is 7. The van der Waals surface area contributed by atoms with Crippen molar-refractivity contribution in [3.05, 3.63) is 60.7 Å². The molecule has 1 spiro atoms. The van der Waals surface area contributed by atoms with Gasteiger partial charge in [0, 0.05) is 39.4 Å². The molecule has 2 aromatic rings. The van der Waals surface area contributed by atoms with Crippen LogP contribution in [0.4, 0.5) is 0 Å². The van der Waals surface area contributed by atoms with Gasteiger partial charge < -0.3 is 28.5 Å². The van der Waals surface area contributed by atoms with Crippen molar-refractivity contribution in [2.75, 3.05) is 20.3 Å². The summed E-state index contributed by atoms with van der Waals surface area (Å²) in [5, 5.41) is 13.7. The first kappa shape index (κ1) is 31.9. The smallest absolute Gasteiger partial charge is 0.303 e. The van der Waals surface area contributed by atoms with E-state index in [-0.39, 0.29) is 17.6 Å². The molecule has 1 aliphatic carbocycles. The number of carbonyl (C=O) groups excluding carboxylic acids is 1. The first-order chi connectivity index (χ1) is 19.5. The van der Waals surface area contributed by atoms with Crippen LogP contribution in [0.2, 0.25) is 5.04 Å². The minimum atomic E-state index is -2.79. The summed E-state index contributed by atoms with van der Waals surface area (Å²) in [6.07, 6.45) is 1.56. The van der Waals surface area contributed by atoms with Gasteiger partial charge in [0.2, 0.25) is 0 Å². The van der Waals surface area contributed by atoms with Gasteiger partial charge in [-0.05, 0) is 28.3 Å². The highest BCUT2D eigenvalue weighted by Gasteiger charge is 2.52. The van der Waals surface area contributed by atoms with Gasteiger partial charge in [0.15, 0.2) is 11.9 Å². The van der Waals surface area contributed by atoms with Gasteiger partial charge in [-0.1, -0.05) is 94.8 Å². The van der Waals surface area contributed by atoms with E-state index in [4.69, 9.17) is 23.4 Å². The topological polar surface area (TPSA) is 83.5 Å². The van der Waals surface area contributed by atoms with Crippen LogP contribution in [0.1, 0.15) is 66.7 Å². The van der Waals surface area contributed by atoms with Crippen LogP contribution < -0.4 is 10.4 Å². The summed E-state index contributed by atoms with van der Waals surface area (Å²) in [5.74, 6) is -1.35. The fourth-order valence-electron chi connectivity index (χ4n) is 6.64. The highest BCUT2D eigenvalue weighted by Crippen LogP contribution is 2.40. The SMILES string of the molecule is CO[C@H]([C@@H](OC(C)=O)[C@H](O)[C@H]1COC2(CCCCC2)O1)[C@@H](C)CO[Si](c1ccccc1)(c1ccccc1)C(C)(C)C. The maximum atomic E-state index is 12.2. The van der Waals surface area contributed by atoms with Gasteiger partial charge in [0.1, 0.15) is 18.3 Å². The second kappa shape index (κ2) is 13.5. The van der Waals surface area contributed by atoms with E-state index in [1.165, 1.54) is 17.3 Å². The number of benzene rings is 2. The Morgan fingerprint density at radius 3 is 2.05 bits per heavy atom. The lowest BCUT2D eigenvalue weighted by Gasteiger charge is -2.44. The Hall–Kier alpha value is -2.07. The normalized spacial score (nSPS) is 22.2. The van der Waals surface area contributed by atoms with Crippen LogP contribution in [-0.2, 0) is 28.2 Å². The Balaban J connectivity index is 1.59. The first-order valence-corrected chi connectivity index (χ1v) is 16.9. The summed E-state index contributed by atoms with van der Waals surface area (Å²) >= 11 is 0. The van der Waals surface area contributed by atoms with E-state index in [0.29, 0.717) is 6.61 Å².